The Morgan fingerprint density at radius 2 is 1.67 bits per heavy atom. The first-order chi connectivity index (χ1) is 17.1. The topological polar surface area (TPSA) is 93.8 Å². The van der Waals surface area contributed by atoms with Crippen molar-refractivity contribution in [2.45, 2.75) is 51.7 Å². The lowest BCUT2D eigenvalue weighted by Crippen LogP contribution is -2.50. The molecular weight excluding hydrogens is 456 g/mol. The summed E-state index contributed by atoms with van der Waals surface area (Å²) in [5.41, 5.74) is 1.90. The van der Waals surface area contributed by atoms with Crippen LogP contribution in [0, 0.1) is 0 Å². The molecule has 0 aliphatic rings. The molecule has 0 spiro atoms. The third-order valence-corrected chi connectivity index (χ3v) is 5.65. The molecule has 0 saturated carbocycles. The summed E-state index contributed by atoms with van der Waals surface area (Å²) in [7, 11) is 0. The highest BCUT2D eigenvalue weighted by Crippen LogP contribution is 2.29. The molecule has 1 amide bonds. The van der Waals surface area contributed by atoms with Crippen LogP contribution in [0.1, 0.15) is 39.7 Å². The van der Waals surface area contributed by atoms with E-state index in [0.717, 1.165) is 28.1 Å². The van der Waals surface area contributed by atoms with Crippen LogP contribution in [0.3, 0.4) is 0 Å². The molecule has 1 aromatic heterocycles. The molecule has 0 saturated heterocycles. The molecule has 7 heteroatoms. The van der Waals surface area contributed by atoms with Gasteiger partial charge in [0.1, 0.15) is 22.6 Å². The highest BCUT2D eigenvalue weighted by molar-refractivity contribution is 5.77. The van der Waals surface area contributed by atoms with Gasteiger partial charge >= 0.3 is 6.09 Å². The Kier molecular flexibility index (Phi) is 7.31. The zero-order valence-electron chi connectivity index (χ0n) is 21.1. The quantitative estimate of drug-likeness (QED) is 0.294. The predicted octanol–water partition coefficient (Wildman–Crippen LogP) is 6.50. The second-order valence-corrected chi connectivity index (χ2v) is 10.1. The molecule has 188 valence electrons. The minimum absolute atomic E-state index is 0.202. The molecule has 4 rings (SSSR count). The van der Waals surface area contributed by atoms with Crippen LogP contribution in [0.2, 0.25) is 0 Å². The molecular formula is C29H32N2O5. The molecule has 0 aliphatic heterocycles. The van der Waals surface area contributed by atoms with Crippen molar-refractivity contribution in [3.8, 4) is 23.0 Å². The van der Waals surface area contributed by atoms with Gasteiger partial charge in [-0.25, -0.2) is 9.78 Å². The summed E-state index contributed by atoms with van der Waals surface area (Å²) in [4.78, 5) is 16.9. The largest absolute Gasteiger partial charge is 0.457 e. The molecule has 1 heterocycles. The molecule has 0 fully saturated rings. The molecule has 0 bridgehead atoms. The standard InChI is InChI=1S/C29H32N2O5/c1-28(2,3)36-27(33)31-29(4,19-32)17-16-20-10-15-25-24(18-20)30-26(35-25)21-11-13-23(14-12-21)34-22-8-6-5-7-9-22/h5-15,18,32H,16-17,19H2,1-4H3,(H,31,33)/t29-/m1/s1. The smallest absolute Gasteiger partial charge is 0.408 e. The average molecular weight is 489 g/mol. The van der Waals surface area contributed by atoms with Crippen LogP contribution in [-0.2, 0) is 11.2 Å². The second kappa shape index (κ2) is 10.4. The highest BCUT2D eigenvalue weighted by Gasteiger charge is 2.28. The summed E-state index contributed by atoms with van der Waals surface area (Å²) in [5, 5.41) is 12.7. The van der Waals surface area contributed by atoms with E-state index in [9.17, 15) is 9.90 Å². The number of nitrogens with one attached hydrogen (secondary N) is 1. The van der Waals surface area contributed by atoms with Crippen LogP contribution >= 0.6 is 0 Å². The molecule has 36 heavy (non-hydrogen) atoms. The Hall–Kier alpha value is -3.84. The van der Waals surface area contributed by atoms with Gasteiger partial charge in [-0.1, -0.05) is 24.3 Å². The van der Waals surface area contributed by atoms with E-state index in [-0.39, 0.29) is 6.61 Å². The van der Waals surface area contributed by atoms with Crippen LogP contribution < -0.4 is 10.1 Å². The number of benzene rings is 3. The Morgan fingerprint density at radius 3 is 2.33 bits per heavy atom. The summed E-state index contributed by atoms with van der Waals surface area (Å²) < 4.78 is 17.2. The monoisotopic (exact) mass is 488 g/mol. The zero-order valence-corrected chi connectivity index (χ0v) is 21.1. The van der Waals surface area contributed by atoms with Crippen LogP contribution in [0.25, 0.3) is 22.6 Å². The lowest BCUT2D eigenvalue weighted by atomic mass is 9.94. The third-order valence-electron chi connectivity index (χ3n) is 5.65. The second-order valence-electron chi connectivity index (χ2n) is 10.1. The zero-order chi connectivity index (χ0) is 25.8. The van der Waals surface area contributed by atoms with Crippen LogP contribution in [0.5, 0.6) is 11.5 Å². The first kappa shape index (κ1) is 25.3. The van der Waals surface area contributed by atoms with Crippen molar-refractivity contribution in [2.24, 2.45) is 0 Å². The van der Waals surface area contributed by atoms with Gasteiger partial charge in [0.2, 0.25) is 5.89 Å². The molecule has 0 unspecified atom stereocenters. The maximum absolute atomic E-state index is 12.2. The number of aliphatic hydroxyl groups excluding tert-OH is 1. The van der Waals surface area contributed by atoms with Crippen LogP contribution in [-0.4, -0.2) is 33.9 Å². The van der Waals surface area contributed by atoms with Crippen molar-refractivity contribution >= 4 is 17.2 Å². The third kappa shape index (κ3) is 6.64. The number of carbonyl (C=O) groups is 1. The normalized spacial score (nSPS) is 13.2. The average Bonchev–Trinajstić information content (AvgIpc) is 3.26. The predicted molar refractivity (Wildman–Crippen MR) is 139 cm³/mol. The number of aliphatic hydroxyl groups is 1. The van der Waals surface area contributed by atoms with Crippen molar-refractivity contribution < 1.29 is 23.8 Å². The summed E-state index contributed by atoms with van der Waals surface area (Å²) in [6, 6.07) is 23.1. The number of nitrogens with zero attached hydrogens (tertiary/aromatic N) is 1. The van der Waals surface area contributed by atoms with Crippen molar-refractivity contribution in [3.05, 3.63) is 78.4 Å². The number of hydrogen-bond acceptors (Lipinski definition) is 6. The van der Waals surface area contributed by atoms with Gasteiger partial charge in [-0.05, 0) is 94.6 Å². The minimum Gasteiger partial charge on any atom is -0.457 e. The Labute approximate surface area is 211 Å². The van der Waals surface area contributed by atoms with Crippen molar-refractivity contribution in [1.82, 2.24) is 10.3 Å². The number of oxazole rings is 1. The van der Waals surface area contributed by atoms with Gasteiger partial charge in [0.25, 0.3) is 0 Å². The van der Waals surface area contributed by atoms with Gasteiger partial charge in [-0.15, -0.1) is 0 Å². The van der Waals surface area contributed by atoms with Gasteiger partial charge in [-0.3, -0.25) is 0 Å². The Balaban J connectivity index is 1.42. The summed E-state index contributed by atoms with van der Waals surface area (Å²) in [6.45, 7) is 7.01. The number of fused-ring (bicyclic) bond motifs is 1. The number of carbonyl (C=O) groups excluding carboxylic acids is 1. The fourth-order valence-corrected chi connectivity index (χ4v) is 3.69. The fourth-order valence-electron chi connectivity index (χ4n) is 3.69. The number of hydrogen-bond donors (Lipinski definition) is 2. The van der Waals surface area contributed by atoms with Gasteiger partial charge in [0.05, 0.1) is 12.1 Å². The van der Waals surface area contributed by atoms with Gasteiger partial charge in [-0.2, -0.15) is 0 Å². The number of ether oxygens (including phenoxy) is 2. The number of rotatable bonds is 8. The lowest BCUT2D eigenvalue weighted by Gasteiger charge is -2.30. The summed E-state index contributed by atoms with van der Waals surface area (Å²) >= 11 is 0. The maximum atomic E-state index is 12.2. The molecule has 7 nitrogen and oxygen atoms in total. The summed E-state index contributed by atoms with van der Waals surface area (Å²) in [5.74, 6) is 2.04. The Morgan fingerprint density at radius 1 is 0.972 bits per heavy atom. The minimum atomic E-state index is -0.810. The number of aryl methyl sites for hydroxylation is 1. The molecule has 1 atom stereocenters. The van der Waals surface area contributed by atoms with E-state index in [4.69, 9.17) is 13.9 Å². The molecule has 0 aliphatic carbocycles. The van der Waals surface area contributed by atoms with E-state index < -0.39 is 17.2 Å². The fraction of sp³-hybridized carbons (Fsp3) is 0.310. The molecule has 2 N–H and O–H groups in total. The highest BCUT2D eigenvalue weighted by atomic mass is 16.6. The van der Waals surface area contributed by atoms with E-state index in [1.165, 1.54) is 0 Å². The van der Waals surface area contributed by atoms with Crippen LogP contribution in [0.15, 0.2) is 77.2 Å². The van der Waals surface area contributed by atoms with Crippen molar-refractivity contribution in [1.29, 1.82) is 0 Å². The molecule has 0 radical (unpaired) electrons. The molecule has 3 aromatic carbocycles. The Bertz CT molecular complexity index is 1310. The van der Waals surface area contributed by atoms with Gasteiger partial charge in [0.15, 0.2) is 5.58 Å². The number of amides is 1. The van der Waals surface area contributed by atoms with E-state index in [1.54, 1.807) is 27.7 Å². The first-order valence-corrected chi connectivity index (χ1v) is 12.0. The first-order valence-electron chi connectivity index (χ1n) is 12.0. The number of aromatic nitrogens is 1. The lowest BCUT2D eigenvalue weighted by molar-refractivity contribution is 0.0407. The van der Waals surface area contributed by atoms with E-state index in [0.29, 0.717) is 24.3 Å². The van der Waals surface area contributed by atoms with Crippen molar-refractivity contribution in [2.75, 3.05) is 6.61 Å². The maximum Gasteiger partial charge on any atom is 0.408 e. The number of alkyl carbamates (subject to hydrolysis) is 1. The van der Waals surface area contributed by atoms with Gasteiger partial charge < -0.3 is 24.3 Å². The van der Waals surface area contributed by atoms with E-state index in [1.807, 2.05) is 72.8 Å². The van der Waals surface area contributed by atoms with E-state index in [2.05, 4.69) is 10.3 Å². The van der Waals surface area contributed by atoms with Gasteiger partial charge in [0, 0.05) is 5.56 Å². The molecule has 4 aromatic rings. The summed E-state index contributed by atoms with van der Waals surface area (Å²) in [6.07, 6.45) is 0.620. The SMILES string of the molecule is CC(C)(C)OC(=O)N[C@@](C)(CO)CCc1ccc2oc(-c3ccc(Oc4ccccc4)cc3)nc2c1. The number of para-hydroxylation sites is 1. The van der Waals surface area contributed by atoms with Crippen molar-refractivity contribution in [3.63, 3.8) is 0 Å². The van der Waals surface area contributed by atoms with Crippen LogP contribution in [0.4, 0.5) is 4.79 Å². The van der Waals surface area contributed by atoms with E-state index >= 15 is 0 Å².